The molecule has 3 aromatic heterocycles. The van der Waals surface area contributed by atoms with E-state index >= 15 is 0 Å². The van der Waals surface area contributed by atoms with Gasteiger partial charge in [0.2, 0.25) is 10.0 Å². The molecule has 0 unspecified atom stereocenters. The third-order valence-corrected chi connectivity index (χ3v) is 7.75. The number of hydrogen-bond donors (Lipinski definition) is 1. The van der Waals surface area contributed by atoms with E-state index in [1.807, 2.05) is 6.92 Å². The molecule has 10 heteroatoms. The first-order chi connectivity index (χ1) is 12.8. The lowest BCUT2D eigenvalue weighted by Gasteiger charge is -2.05. The molecule has 3 aromatic rings. The van der Waals surface area contributed by atoms with Crippen LogP contribution in [0.15, 0.2) is 40.9 Å². The molecule has 0 aliphatic heterocycles. The molecule has 3 rings (SSSR count). The van der Waals surface area contributed by atoms with Crippen LogP contribution >= 0.6 is 34.3 Å². The molecule has 0 spiro atoms. The highest BCUT2D eigenvalue weighted by Gasteiger charge is 2.16. The average Bonchev–Trinajstić information content (AvgIpc) is 3.27. The average molecular weight is 442 g/mol. The van der Waals surface area contributed by atoms with E-state index in [1.165, 1.54) is 18.3 Å². The van der Waals surface area contributed by atoms with E-state index in [1.54, 1.807) is 29.7 Å². The molecule has 0 saturated heterocycles. The number of sulfonamides is 1. The van der Waals surface area contributed by atoms with Gasteiger partial charge in [0.15, 0.2) is 5.78 Å². The number of thiazole rings is 1. The van der Waals surface area contributed by atoms with Crippen molar-refractivity contribution in [1.82, 2.24) is 14.7 Å². The van der Waals surface area contributed by atoms with Crippen LogP contribution in [0.2, 0.25) is 4.34 Å². The van der Waals surface area contributed by atoms with Crippen molar-refractivity contribution in [3.8, 4) is 0 Å². The van der Waals surface area contributed by atoms with Crippen molar-refractivity contribution in [2.24, 2.45) is 0 Å². The SMILES string of the molecule is Cc1ncc(CCC(=O)c2ccc(CNS(=O)(=O)c3ccc(Cl)s3)cn2)s1. The minimum absolute atomic E-state index is 0.0542. The number of carbonyl (C=O) groups excluding carboxylic acids is 1. The van der Waals surface area contributed by atoms with Gasteiger partial charge in [-0.2, -0.15) is 0 Å². The summed E-state index contributed by atoms with van der Waals surface area (Å²) in [5.41, 5.74) is 1.03. The Morgan fingerprint density at radius 3 is 2.56 bits per heavy atom. The van der Waals surface area contributed by atoms with E-state index < -0.39 is 10.0 Å². The number of rotatable bonds is 8. The molecule has 0 amide bonds. The number of nitrogens with one attached hydrogen (secondary N) is 1. The Kier molecular flexibility index (Phi) is 6.38. The Morgan fingerprint density at radius 1 is 1.15 bits per heavy atom. The van der Waals surface area contributed by atoms with Crippen LogP contribution in [-0.4, -0.2) is 24.2 Å². The molecular weight excluding hydrogens is 426 g/mol. The van der Waals surface area contributed by atoms with Crippen LogP contribution in [0.4, 0.5) is 0 Å². The fraction of sp³-hybridized carbons (Fsp3) is 0.235. The third-order valence-electron chi connectivity index (χ3n) is 3.66. The largest absolute Gasteiger partial charge is 0.292 e. The molecule has 0 saturated carbocycles. The van der Waals surface area contributed by atoms with E-state index in [4.69, 9.17) is 11.6 Å². The van der Waals surface area contributed by atoms with Crippen LogP contribution in [0.1, 0.15) is 32.4 Å². The minimum Gasteiger partial charge on any atom is -0.292 e. The first kappa shape index (κ1) is 20.1. The van der Waals surface area contributed by atoms with Crippen LogP contribution in [0.5, 0.6) is 0 Å². The Hall–Kier alpha value is -1.65. The molecule has 27 heavy (non-hydrogen) atoms. The molecule has 0 radical (unpaired) electrons. The van der Waals surface area contributed by atoms with Crippen LogP contribution in [0.25, 0.3) is 0 Å². The quantitative estimate of drug-likeness (QED) is 0.536. The van der Waals surface area contributed by atoms with Gasteiger partial charge in [0.25, 0.3) is 0 Å². The highest BCUT2D eigenvalue weighted by atomic mass is 35.5. The molecule has 142 valence electrons. The molecule has 6 nitrogen and oxygen atoms in total. The first-order valence-corrected chi connectivity index (χ1v) is 11.5. The predicted molar refractivity (Wildman–Crippen MR) is 107 cm³/mol. The maximum absolute atomic E-state index is 12.2. The molecule has 0 fully saturated rings. The summed E-state index contributed by atoms with van der Waals surface area (Å²) in [5.74, 6) is -0.0542. The number of halogens is 1. The van der Waals surface area contributed by atoms with Gasteiger partial charge in [0.1, 0.15) is 9.90 Å². The van der Waals surface area contributed by atoms with Crippen molar-refractivity contribution in [3.05, 3.63) is 62.1 Å². The maximum Gasteiger partial charge on any atom is 0.250 e. The molecule has 0 bridgehead atoms. The number of hydrogen-bond acceptors (Lipinski definition) is 7. The molecule has 1 N–H and O–H groups in total. The number of Topliss-reactive ketones (excluding diaryl/α,β-unsaturated/α-hetero) is 1. The van der Waals surface area contributed by atoms with Gasteiger partial charge in [-0.3, -0.25) is 9.78 Å². The zero-order valence-corrected chi connectivity index (χ0v) is 17.5. The lowest BCUT2D eigenvalue weighted by Crippen LogP contribution is -2.22. The zero-order valence-electron chi connectivity index (χ0n) is 14.3. The lowest BCUT2D eigenvalue weighted by molar-refractivity contribution is 0.0978. The van der Waals surface area contributed by atoms with E-state index in [0.717, 1.165) is 21.2 Å². The zero-order chi connectivity index (χ0) is 19.4. The van der Waals surface area contributed by atoms with Crippen molar-refractivity contribution in [2.75, 3.05) is 0 Å². The van der Waals surface area contributed by atoms with Gasteiger partial charge in [-0.05, 0) is 37.1 Å². The number of thiophene rings is 1. The molecule has 0 aliphatic carbocycles. The summed E-state index contributed by atoms with van der Waals surface area (Å²) in [5, 5.41) is 0.979. The van der Waals surface area contributed by atoms with Crippen molar-refractivity contribution in [2.45, 2.75) is 30.5 Å². The lowest BCUT2D eigenvalue weighted by atomic mass is 10.1. The number of nitrogens with zero attached hydrogens (tertiary/aromatic N) is 2. The van der Waals surface area contributed by atoms with E-state index in [9.17, 15) is 13.2 Å². The number of pyridine rings is 1. The summed E-state index contributed by atoms with van der Waals surface area (Å²) in [6.45, 7) is 2.01. The summed E-state index contributed by atoms with van der Waals surface area (Å²) in [4.78, 5) is 21.6. The second kappa shape index (κ2) is 8.57. The van der Waals surface area contributed by atoms with Crippen LogP contribution in [0.3, 0.4) is 0 Å². The Bertz CT molecular complexity index is 1040. The van der Waals surface area contributed by atoms with E-state index in [-0.39, 0.29) is 16.5 Å². The normalized spacial score (nSPS) is 11.6. The summed E-state index contributed by atoms with van der Waals surface area (Å²) in [6.07, 6.45) is 4.29. The molecule has 3 heterocycles. The second-order valence-electron chi connectivity index (χ2n) is 5.70. The summed E-state index contributed by atoms with van der Waals surface area (Å²) in [7, 11) is -3.62. The third kappa shape index (κ3) is 5.43. The van der Waals surface area contributed by atoms with Crippen molar-refractivity contribution in [1.29, 1.82) is 0 Å². The predicted octanol–water partition coefficient (Wildman–Crippen LogP) is 3.86. The maximum atomic E-state index is 12.2. The van der Waals surface area contributed by atoms with Gasteiger partial charge in [-0.25, -0.2) is 18.1 Å². The topological polar surface area (TPSA) is 89.0 Å². The van der Waals surface area contributed by atoms with Crippen LogP contribution < -0.4 is 4.72 Å². The molecule has 0 aromatic carbocycles. The summed E-state index contributed by atoms with van der Waals surface area (Å²) < 4.78 is 27.4. The highest BCUT2D eigenvalue weighted by Crippen LogP contribution is 2.25. The molecule has 0 atom stereocenters. The minimum atomic E-state index is -3.62. The standard InChI is InChI=1S/C17H16ClN3O3S3/c1-11-19-10-13(25-11)3-5-15(22)14-4-2-12(8-20-14)9-21-27(23,24)17-7-6-16(18)26-17/h2,4,6-8,10,21H,3,5,9H2,1H3. The molecular formula is C17H16ClN3O3S3. The number of aromatic nitrogens is 2. The Labute approximate surface area is 170 Å². The van der Waals surface area contributed by atoms with Gasteiger partial charge >= 0.3 is 0 Å². The monoisotopic (exact) mass is 441 g/mol. The van der Waals surface area contributed by atoms with Crippen molar-refractivity contribution < 1.29 is 13.2 Å². The molecule has 0 aliphatic rings. The van der Waals surface area contributed by atoms with Crippen molar-refractivity contribution >= 4 is 50.1 Å². The fourth-order valence-corrected chi connectivity index (χ4v) is 5.61. The number of ketones is 1. The Morgan fingerprint density at radius 2 is 1.96 bits per heavy atom. The Balaban J connectivity index is 1.56. The fourth-order valence-electron chi connectivity index (χ4n) is 2.27. The van der Waals surface area contributed by atoms with Gasteiger partial charge < -0.3 is 0 Å². The highest BCUT2D eigenvalue weighted by molar-refractivity contribution is 7.91. The number of carbonyl (C=O) groups is 1. The second-order valence-corrected chi connectivity index (χ2v) is 10.7. The van der Waals surface area contributed by atoms with Gasteiger partial charge in [-0.1, -0.05) is 17.7 Å². The number of aryl methyl sites for hydroxylation is 2. The van der Waals surface area contributed by atoms with Crippen LogP contribution in [0, 0.1) is 6.92 Å². The smallest absolute Gasteiger partial charge is 0.250 e. The van der Waals surface area contributed by atoms with Crippen LogP contribution in [-0.2, 0) is 23.0 Å². The van der Waals surface area contributed by atoms with Gasteiger partial charge in [0, 0.05) is 30.2 Å². The van der Waals surface area contributed by atoms with Crippen molar-refractivity contribution in [3.63, 3.8) is 0 Å². The van der Waals surface area contributed by atoms with Gasteiger partial charge in [-0.15, -0.1) is 22.7 Å². The first-order valence-electron chi connectivity index (χ1n) is 7.98. The van der Waals surface area contributed by atoms with Gasteiger partial charge in [0.05, 0.1) is 9.34 Å². The van der Waals surface area contributed by atoms with E-state index in [2.05, 4.69) is 14.7 Å². The summed E-state index contributed by atoms with van der Waals surface area (Å²) in [6, 6.07) is 6.31. The summed E-state index contributed by atoms with van der Waals surface area (Å²) >= 11 is 8.35. The van der Waals surface area contributed by atoms with E-state index in [0.29, 0.717) is 28.4 Å².